The van der Waals surface area contributed by atoms with Crippen LogP contribution < -0.4 is 5.32 Å². The number of fused-ring (bicyclic) bond motifs is 1. The predicted octanol–water partition coefficient (Wildman–Crippen LogP) is 3.05. The number of nitrogens with one attached hydrogen (secondary N) is 2. The SMILES string of the molecule is Cc1ccc(NC(=O)CN2CCN(C(=O)CSc3nc4ccc(C)cc4[nH]3)CC2)cc1. The summed E-state index contributed by atoms with van der Waals surface area (Å²) < 4.78 is 0. The fourth-order valence-corrected chi connectivity index (χ4v) is 4.37. The minimum atomic E-state index is -0.0284. The molecule has 1 fully saturated rings. The van der Waals surface area contributed by atoms with Crippen LogP contribution in [-0.2, 0) is 9.59 Å². The third-order valence-corrected chi connectivity index (χ3v) is 6.23. The molecule has 0 spiro atoms. The number of rotatable bonds is 6. The number of piperazine rings is 1. The zero-order chi connectivity index (χ0) is 21.8. The van der Waals surface area contributed by atoms with Gasteiger partial charge in [-0.25, -0.2) is 4.98 Å². The van der Waals surface area contributed by atoms with Crippen LogP contribution in [-0.4, -0.2) is 70.1 Å². The lowest BCUT2D eigenvalue weighted by Crippen LogP contribution is -2.50. The van der Waals surface area contributed by atoms with Gasteiger partial charge in [-0.05, 0) is 43.7 Å². The lowest BCUT2D eigenvalue weighted by atomic mass is 10.2. The first-order valence-corrected chi connectivity index (χ1v) is 11.4. The third-order valence-electron chi connectivity index (χ3n) is 5.38. The number of aryl methyl sites for hydroxylation is 2. The number of carbonyl (C=O) groups is 2. The van der Waals surface area contributed by atoms with E-state index in [0.717, 1.165) is 27.4 Å². The van der Waals surface area contributed by atoms with Crippen LogP contribution in [0.2, 0.25) is 0 Å². The molecular formula is C23H27N5O2S. The number of anilines is 1. The Morgan fingerprint density at radius 3 is 2.48 bits per heavy atom. The Bertz CT molecular complexity index is 1070. The van der Waals surface area contributed by atoms with Gasteiger partial charge in [0.25, 0.3) is 0 Å². The first kappa shape index (κ1) is 21.4. The Labute approximate surface area is 186 Å². The summed E-state index contributed by atoms with van der Waals surface area (Å²) in [5, 5.41) is 3.69. The van der Waals surface area contributed by atoms with Crippen molar-refractivity contribution in [3.63, 3.8) is 0 Å². The van der Waals surface area contributed by atoms with Crippen molar-refractivity contribution in [2.75, 3.05) is 43.8 Å². The fourth-order valence-electron chi connectivity index (χ4n) is 3.59. The van der Waals surface area contributed by atoms with Crippen molar-refractivity contribution < 1.29 is 9.59 Å². The maximum atomic E-state index is 12.6. The average molecular weight is 438 g/mol. The molecule has 2 N–H and O–H groups in total. The van der Waals surface area contributed by atoms with Crippen molar-refractivity contribution >= 4 is 40.3 Å². The zero-order valence-corrected chi connectivity index (χ0v) is 18.7. The summed E-state index contributed by atoms with van der Waals surface area (Å²) in [6.07, 6.45) is 0. The van der Waals surface area contributed by atoms with E-state index in [1.54, 1.807) is 0 Å². The van der Waals surface area contributed by atoms with Crippen molar-refractivity contribution in [2.24, 2.45) is 0 Å². The van der Waals surface area contributed by atoms with E-state index < -0.39 is 0 Å². The van der Waals surface area contributed by atoms with Crippen LogP contribution in [0.4, 0.5) is 5.69 Å². The molecule has 0 radical (unpaired) electrons. The van der Waals surface area contributed by atoms with Gasteiger partial charge in [0.2, 0.25) is 11.8 Å². The second kappa shape index (κ2) is 9.53. The number of amides is 2. The molecule has 162 valence electrons. The standard InChI is InChI=1S/C23H27N5O2S/c1-16-3-6-18(7-4-16)24-21(29)14-27-9-11-28(12-10-27)22(30)15-31-23-25-19-8-5-17(2)13-20(19)26-23/h3-8,13H,9-12,14-15H2,1-2H3,(H,24,29)(H,25,26). The predicted molar refractivity (Wildman–Crippen MR) is 124 cm³/mol. The van der Waals surface area contributed by atoms with Crippen molar-refractivity contribution in [1.29, 1.82) is 0 Å². The van der Waals surface area contributed by atoms with E-state index in [2.05, 4.69) is 26.3 Å². The van der Waals surface area contributed by atoms with E-state index in [9.17, 15) is 9.59 Å². The molecule has 0 unspecified atom stereocenters. The van der Waals surface area contributed by atoms with Crippen molar-refractivity contribution in [2.45, 2.75) is 19.0 Å². The van der Waals surface area contributed by atoms with Crippen LogP contribution in [0.15, 0.2) is 47.6 Å². The van der Waals surface area contributed by atoms with E-state index in [1.165, 1.54) is 17.3 Å². The molecule has 0 bridgehead atoms. The van der Waals surface area contributed by atoms with Crippen LogP contribution in [0.25, 0.3) is 11.0 Å². The molecule has 2 amide bonds. The molecule has 4 rings (SSSR count). The first-order valence-electron chi connectivity index (χ1n) is 10.4. The molecule has 3 aromatic rings. The van der Waals surface area contributed by atoms with Gasteiger partial charge in [-0.3, -0.25) is 14.5 Å². The Morgan fingerprint density at radius 2 is 1.74 bits per heavy atom. The van der Waals surface area contributed by atoms with Crippen molar-refractivity contribution in [3.8, 4) is 0 Å². The van der Waals surface area contributed by atoms with Gasteiger partial charge in [0.05, 0.1) is 23.3 Å². The van der Waals surface area contributed by atoms with Gasteiger partial charge in [0.15, 0.2) is 5.16 Å². The molecule has 7 nitrogen and oxygen atoms in total. The van der Waals surface area contributed by atoms with E-state index in [-0.39, 0.29) is 11.8 Å². The number of H-pyrrole nitrogens is 1. The maximum absolute atomic E-state index is 12.6. The van der Waals surface area contributed by atoms with Gasteiger partial charge >= 0.3 is 0 Å². The highest BCUT2D eigenvalue weighted by molar-refractivity contribution is 7.99. The fraction of sp³-hybridized carbons (Fsp3) is 0.348. The van der Waals surface area contributed by atoms with Crippen LogP contribution in [0.1, 0.15) is 11.1 Å². The average Bonchev–Trinajstić information content (AvgIpc) is 3.16. The van der Waals surface area contributed by atoms with Gasteiger partial charge < -0.3 is 15.2 Å². The topological polar surface area (TPSA) is 81.3 Å². The Kier molecular flexibility index (Phi) is 6.58. The number of hydrogen-bond acceptors (Lipinski definition) is 5. The van der Waals surface area contributed by atoms with Gasteiger partial charge in [0.1, 0.15) is 0 Å². The molecule has 2 heterocycles. The molecular weight excluding hydrogens is 410 g/mol. The van der Waals surface area contributed by atoms with E-state index in [1.807, 2.05) is 55.1 Å². The Hall–Kier alpha value is -2.84. The second-order valence-corrected chi connectivity index (χ2v) is 8.89. The summed E-state index contributed by atoms with van der Waals surface area (Å²) in [5.74, 6) is 0.428. The number of thioether (sulfide) groups is 1. The van der Waals surface area contributed by atoms with Crippen molar-refractivity contribution in [3.05, 3.63) is 53.6 Å². The highest BCUT2D eigenvalue weighted by Gasteiger charge is 2.22. The van der Waals surface area contributed by atoms with E-state index in [4.69, 9.17) is 0 Å². The molecule has 1 aromatic heterocycles. The molecule has 1 saturated heterocycles. The minimum absolute atomic E-state index is 0.0284. The summed E-state index contributed by atoms with van der Waals surface area (Å²) in [7, 11) is 0. The number of aromatic amines is 1. The van der Waals surface area contributed by atoms with Gasteiger partial charge in [0, 0.05) is 31.9 Å². The monoisotopic (exact) mass is 437 g/mol. The quantitative estimate of drug-likeness (QED) is 0.580. The number of hydrogen-bond donors (Lipinski definition) is 2. The summed E-state index contributed by atoms with van der Waals surface area (Å²) in [5.41, 5.74) is 5.05. The number of nitrogens with zero attached hydrogens (tertiary/aromatic N) is 3. The molecule has 0 aliphatic carbocycles. The number of benzene rings is 2. The number of carbonyl (C=O) groups excluding carboxylic acids is 2. The Balaban J connectivity index is 1.21. The van der Waals surface area contributed by atoms with Crippen LogP contribution in [0.3, 0.4) is 0 Å². The molecule has 0 atom stereocenters. The highest BCUT2D eigenvalue weighted by atomic mass is 32.2. The molecule has 1 aliphatic heterocycles. The highest BCUT2D eigenvalue weighted by Crippen LogP contribution is 2.21. The molecule has 8 heteroatoms. The van der Waals surface area contributed by atoms with Gasteiger partial charge in [-0.1, -0.05) is 35.5 Å². The maximum Gasteiger partial charge on any atom is 0.238 e. The summed E-state index contributed by atoms with van der Waals surface area (Å²) in [6, 6.07) is 13.8. The molecule has 2 aromatic carbocycles. The summed E-state index contributed by atoms with van der Waals surface area (Å²) in [6.45, 7) is 7.06. The third kappa shape index (κ3) is 5.65. The zero-order valence-electron chi connectivity index (χ0n) is 17.9. The van der Waals surface area contributed by atoms with Crippen LogP contribution in [0, 0.1) is 13.8 Å². The largest absolute Gasteiger partial charge is 0.339 e. The van der Waals surface area contributed by atoms with Gasteiger partial charge in [-0.2, -0.15) is 0 Å². The van der Waals surface area contributed by atoms with E-state index >= 15 is 0 Å². The molecule has 0 saturated carbocycles. The molecule has 31 heavy (non-hydrogen) atoms. The summed E-state index contributed by atoms with van der Waals surface area (Å²) >= 11 is 1.43. The Morgan fingerprint density at radius 1 is 1.03 bits per heavy atom. The lowest BCUT2D eigenvalue weighted by molar-refractivity contribution is -0.130. The number of imidazole rings is 1. The van der Waals surface area contributed by atoms with E-state index in [0.29, 0.717) is 38.5 Å². The number of aromatic nitrogens is 2. The van der Waals surface area contributed by atoms with Gasteiger partial charge in [-0.15, -0.1) is 0 Å². The van der Waals surface area contributed by atoms with Crippen molar-refractivity contribution in [1.82, 2.24) is 19.8 Å². The normalized spacial score (nSPS) is 14.7. The smallest absolute Gasteiger partial charge is 0.238 e. The summed E-state index contributed by atoms with van der Waals surface area (Å²) in [4.78, 5) is 36.7. The second-order valence-electron chi connectivity index (χ2n) is 7.92. The van der Waals surface area contributed by atoms with Crippen LogP contribution >= 0.6 is 11.8 Å². The first-order chi connectivity index (χ1) is 15.0. The molecule has 1 aliphatic rings. The van der Waals surface area contributed by atoms with Crippen LogP contribution in [0.5, 0.6) is 0 Å². The lowest BCUT2D eigenvalue weighted by Gasteiger charge is -2.34. The minimum Gasteiger partial charge on any atom is -0.339 e.